The van der Waals surface area contributed by atoms with Gasteiger partial charge in [0, 0.05) is 38.9 Å². The molecule has 7 heteroatoms. The predicted molar refractivity (Wildman–Crippen MR) is 119 cm³/mol. The van der Waals surface area contributed by atoms with Crippen LogP contribution in [0.1, 0.15) is 30.1 Å². The van der Waals surface area contributed by atoms with E-state index in [1.54, 1.807) is 24.4 Å². The lowest BCUT2D eigenvalue weighted by molar-refractivity contribution is 0.0947. The zero-order chi connectivity index (χ0) is 20.9. The number of benzene rings is 1. The zero-order valence-corrected chi connectivity index (χ0v) is 17.5. The van der Waals surface area contributed by atoms with Crippen LogP contribution >= 0.6 is 0 Å². The number of carbonyl (C=O) groups is 1. The fourth-order valence-corrected chi connectivity index (χ4v) is 4.05. The van der Waals surface area contributed by atoms with Crippen molar-refractivity contribution in [3.05, 3.63) is 58.5 Å². The number of carbonyl (C=O) groups excluding carboxylic acids is 1. The number of aromatic nitrogens is 2. The molecular formula is C23H29N5O2. The highest BCUT2D eigenvalue weighted by Crippen LogP contribution is 2.10. The predicted octanol–water partition coefficient (Wildman–Crippen LogP) is 2.00. The van der Waals surface area contributed by atoms with Crippen LogP contribution in [0, 0.1) is 0 Å². The lowest BCUT2D eigenvalue weighted by Gasteiger charge is -2.34. The topological polar surface area (TPSA) is 69.9 Å². The summed E-state index contributed by atoms with van der Waals surface area (Å²) in [7, 11) is 0. The van der Waals surface area contributed by atoms with E-state index < -0.39 is 0 Å². The molecule has 158 valence electrons. The minimum absolute atomic E-state index is 0.160. The Labute approximate surface area is 176 Å². The van der Waals surface area contributed by atoms with Gasteiger partial charge >= 0.3 is 0 Å². The molecule has 30 heavy (non-hydrogen) atoms. The van der Waals surface area contributed by atoms with E-state index in [9.17, 15) is 9.59 Å². The molecular weight excluding hydrogens is 378 g/mol. The van der Waals surface area contributed by atoms with Gasteiger partial charge in [-0.3, -0.25) is 14.0 Å². The SMILES string of the molecule is CCCN1CCN(CCCNC(=O)c2ccc3nc4ccccc4c(=O)n3c2)CC1. The first-order valence-electron chi connectivity index (χ1n) is 10.8. The van der Waals surface area contributed by atoms with Gasteiger partial charge < -0.3 is 15.1 Å². The Kier molecular flexibility index (Phi) is 6.40. The van der Waals surface area contributed by atoms with Crippen LogP contribution in [0.15, 0.2) is 47.4 Å². The third-order valence-electron chi connectivity index (χ3n) is 5.72. The van der Waals surface area contributed by atoms with Crippen molar-refractivity contribution < 1.29 is 4.79 Å². The number of hydrogen-bond donors (Lipinski definition) is 1. The van der Waals surface area contributed by atoms with E-state index in [0.717, 1.165) is 39.1 Å². The van der Waals surface area contributed by atoms with Crippen LogP contribution in [-0.4, -0.2) is 70.9 Å². The van der Waals surface area contributed by atoms with E-state index in [-0.39, 0.29) is 11.5 Å². The summed E-state index contributed by atoms with van der Waals surface area (Å²) >= 11 is 0. The van der Waals surface area contributed by atoms with Gasteiger partial charge in [0.2, 0.25) is 0 Å². The Morgan fingerprint density at radius 1 is 1.03 bits per heavy atom. The fraction of sp³-hybridized carbons (Fsp3) is 0.435. The van der Waals surface area contributed by atoms with Crippen molar-refractivity contribution >= 4 is 22.5 Å². The van der Waals surface area contributed by atoms with E-state index in [2.05, 4.69) is 27.0 Å². The molecule has 7 nitrogen and oxygen atoms in total. The van der Waals surface area contributed by atoms with E-state index in [4.69, 9.17) is 0 Å². The van der Waals surface area contributed by atoms with Crippen LogP contribution in [0.5, 0.6) is 0 Å². The average molecular weight is 408 g/mol. The largest absolute Gasteiger partial charge is 0.352 e. The Morgan fingerprint density at radius 2 is 1.77 bits per heavy atom. The Hall–Kier alpha value is -2.77. The van der Waals surface area contributed by atoms with Gasteiger partial charge in [-0.2, -0.15) is 0 Å². The highest BCUT2D eigenvalue weighted by atomic mass is 16.1. The molecule has 0 spiro atoms. The quantitative estimate of drug-likeness (QED) is 0.479. The number of hydrogen-bond acceptors (Lipinski definition) is 5. The molecule has 1 saturated heterocycles. The molecule has 0 atom stereocenters. The maximum Gasteiger partial charge on any atom is 0.265 e. The van der Waals surface area contributed by atoms with Crippen molar-refractivity contribution in [1.29, 1.82) is 0 Å². The van der Waals surface area contributed by atoms with Gasteiger partial charge in [0.15, 0.2) is 0 Å². The van der Waals surface area contributed by atoms with Gasteiger partial charge in [0.1, 0.15) is 5.65 Å². The maximum absolute atomic E-state index is 12.7. The van der Waals surface area contributed by atoms with Gasteiger partial charge in [0.25, 0.3) is 11.5 Å². The second-order valence-electron chi connectivity index (χ2n) is 7.87. The van der Waals surface area contributed by atoms with Crippen molar-refractivity contribution in [2.75, 3.05) is 45.8 Å². The first kappa shape index (κ1) is 20.5. The summed E-state index contributed by atoms with van der Waals surface area (Å²) in [6.07, 6.45) is 3.71. The van der Waals surface area contributed by atoms with E-state index in [0.29, 0.717) is 28.7 Å². The molecule has 0 radical (unpaired) electrons. The molecule has 1 amide bonds. The minimum Gasteiger partial charge on any atom is -0.352 e. The summed E-state index contributed by atoms with van der Waals surface area (Å²) in [6, 6.07) is 10.7. The van der Waals surface area contributed by atoms with E-state index in [1.807, 2.05) is 18.2 Å². The summed E-state index contributed by atoms with van der Waals surface area (Å²) in [5.41, 5.74) is 1.51. The van der Waals surface area contributed by atoms with Crippen LogP contribution in [0.3, 0.4) is 0 Å². The van der Waals surface area contributed by atoms with Crippen molar-refractivity contribution in [2.24, 2.45) is 0 Å². The maximum atomic E-state index is 12.7. The number of piperazine rings is 1. The number of rotatable bonds is 7. The van der Waals surface area contributed by atoms with Crippen LogP contribution in [-0.2, 0) is 0 Å². The molecule has 2 aromatic heterocycles. The molecule has 1 aromatic carbocycles. The second-order valence-corrected chi connectivity index (χ2v) is 7.87. The highest BCUT2D eigenvalue weighted by Gasteiger charge is 2.15. The zero-order valence-electron chi connectivity index (χ0n) is 17.5. The lowest BCUT2D eigenvalue weighted by Crippen LogP contribution is -2.47. The number of pyridine rings is 1. The van der Waals surface area contributed by atoms with Crippen molar-refractivity contribution in [2.45, 2.75) is 19.8 Å². The standard InChI is InChI=1S/C23H29N5O2/c1-2-11-26-13-15-27(16-14-26)12-5-10-24-22(29)18-8-9-21-25-20-7-4-3-6-19(20)23(30)28(21)17-18/h3-4,6-9,17H,2,5,10-16H2,1H3,(H,24,29). The van der Waals surface area contributed by atoms with Gasteiger partial charge in [-0.05, 0) is 50.2 Å². The van der Waals surface area contributed by atoms with E-state index >= 15 is 0 Å². The molecule has 1 fully saturated rings. The summed E-state index contributed by atoms with van der Waals surface area (Å²) in [5.74, 6) is -0.162. The summed E-state index contributed by atoms with van der Waals surface area (Å²) in [5, 5.41) is 3.52. The Morgan fingerprint density at radius 3 is 2.53 bits per heavy atom. The lowest BCUT2D eigenvalue weighted by atomic mass is 10.2. The van der Waals surface area contributed by atoms with Gasteiger partial charge in [-0.1, -0.05) is 19.1 Å². The van der Waals surface area contributed by atoms with Crippen LogP contribution < -0.4 is 10.9 Å². The van der Waals surface area contributed by atoms with Crippen molar-refractivity contribution in [3.8, 4) is 0 Å². The molecule has 4 rings (SSSR count). The van der Waals surface area contributed by atoms with Crippen LogP contribution in [0.4, 0.5) is 0 Å². The highest BCUT2D eigenvalue weighted by molar-refractivity contribution is 5.94. The molecule has 0 unspecified atom stereocenters. The first-order chi connectivity index (χ1) is 14.7. The summed E-state index contributed by atoms with van der Waals surface area (Å²) < 4.78 is 1.45. The van der Waals surface area contributed by atoms with Gasteiger partial charge in [-0.15, -0.1) is 0 Å². The van der Waals surface area contributed by atoms with E-state index in [1.165, 1.54) is 17.4 Å². The van der Waals surface area contributed by atoms with Gasteiger partial charge in [-0.25, -0.2) is 4.98 Å². The van der Waals surface area contributed by atoms with Crippen molar-refractivity contribution in [1.82, 2.24) is 24.5 Å². The summed E-state index contributed by atoms with van der Waals surface area (Å²) in [4.78, 5) is 34.8. The molecule has 3 heterocycles. The molecule has 1 N–H and O–H groups in total. The van der Waals surface area contributed by atoms with Crippen LogP contribution in [0.25, 0.3) is 16.6 Å². The fourth-order valence-electron chi connectivity index (χ4n) is 4.05. The normalized spacial score (nSPS) is 15.6. The third-order valence-corrected chi connectivity index (χ3v) is 5.72. The third kappa shape index (κ3) is 4.52. The first-order valence-corrected chi connectivity index (χ1v) is 10.8. The summed E-state index contributed by atoms with van der Waals surface area (Å²) in [6.45, 7) is 9.49. The Bertz CT molecular complexity index is 1090. The molecule has 1 aliphatic heterocycles. The van der Waals surface area contributed by atoms with Crippen molar-refractivity contribution in [3.63, 3.8) is 0 Å². The number of nitrogens with one attached hydrogen (secondary N) is 1. The van der Waals surface area contributed by atoms with Gasteiger partial charge in [0.05, 0.1) is 16.5 Å². The minimum atomic E-state index is -0.162. The smallest absolute Gasteiger partial charge is 0.265 e. The number of nitrogens with zero attached hydrogens (tertiary/aromatic N) is 4. The number of para-hydroxylation sites is 1. The Balaban J connectivity index is 1.33. The molecule has 0 aliphatic carbocycles. The molecule has 0 saturated carbocycles. The molecule has 1 aliphatic rings. The average Bonchev–Trinajstić information content (AvgIpc) is 2.78. The van der Waals surface area contributed by atoms with Crippen LogP contribution in [0.2, 0.25) is 0 Å². The number of amides is 1. The molecule has 3 aromatic rings. The number of fused-ring (bicyclic) bond motifs is 2. The second kappa shape index (κ2) is 9.36. The monoisotopic (exact) mass is 407 g/mol. The molecule has 0 bridgehead atoms.